The Labute approximate surface area is 139 Å². The maximum absolute atomic E-state index is 11.0. The lowest BCUT2D eigenvalue weighted by Gasteiger charge is -2.09. The number of fused-ring (bicyclic) bond motifs is 1. The van der Waals surface area contributed by atoms with E-state index >= 15 is 0 Å². The number of aryl methyl sites for hydroxylation is 1. The summed E-state index contributed by atoms with van der Waals surface area (Å²) in [7, 11) is 1.59. The van der Waals surface area contributed by atoms with Gasteiger partial charge in [-0.2, -0.15) is 5.26 Å². The van der Waals surface area contributed by atoms with Crippen LogP contribution in [0.4, 0.5) is 0 Å². The molecule has 0 radical (unpaired) electrons. The number of carboxylic acid groups (broad SMARTS) is 1. The second-order valence-electron chi connectivity index (χ2n) is 5.35. The molecule has 3 rings (SSSR count). The summed E-state index contributed by atoms with van der Waals surface area (Å²) in [4.78, 5) is 11.0. The van der Waals surface area contributed by atoms with Crippen LogP contribution in [0.25, 0.3) is 22.2 Å². The van der Waals surface area contributed by atoms with Gasteiger partial charge in [0, 0.05) is 11.9 Å². The molecule has 5 heteroatoms. The molecule has 1 N–H and O–H groups in total. The summed E-state index contributed by atoms with van der Waals surface area (Å²) >= 11 is 0. The van der Waals surface area contributed by atoms with Crippen molar-refractivity contribution in [2.75, 3.05) is 7.11 Å². The van der Waals surface area contributed by atoms with E-state index in [0.29, 0.717) is 17.9 Å². The first-order valence-corrected chi connectivity index (χ1v) is 7.54. The van der Waals surface area contributed by atoms with Crippen molar-refractivity contribution < 1.29 is 14.6 Å². The summed E-state index contributed by atoms with van der Waals surface area (Å²) in [6.07, 6.45) is 0. The monoisotopic (exact) mass is 320 g/mol. The standard InChI is InChI=1S/C19H16N2O3/c1-3-21-17-9-8-14(24-2)10-15(17)16(11-20)18(21)12-4-6-13(7-5-12)19(22)23/h4-10H,3H2,1-2H3,(H,22,23). The lowest BCUT2D eigenvalue weighted by atomic mass is 10.0. The number of ether oxygens (including phenoxy) is 1. The number of aromatic carboxylic acids is 1. The van der Waals surface area contributed by atoms with E-state index in [-0.39, 0.29) is 5.56 Å². The van der Waals surface area contributed by atoms with Crippen molar-refractivity contribution in [1.29, 1.82) is 5.26 Å². The number of nitriles is 1. The molecule has 0 fully saturated rings. The van der Waals surface area contributed by atoms with Crippen LogP contribution in [-0.2, 0) is 6.54 Å². The molecule has 0 aliphatic rings. The number of benzene rings is 2. The van der Waals surface area contributed by atoms with E-state index in [4.69, 9.17) is 9.84 Å². The minimum atomic E-state index is -0.970. The minimum Gasteiger partial charge on any atom is -0.497 e. The number of carbonyl (C=O) groups is 1. The van der Waals surface area contributed by atoms with Gasteiger partial charge in [-0.15, -0.1) is 0 Å². The maximum Gasteiger partial charge on any atom is 0.335 e. The fourth-order valence-electron chi connectivity index (χ4n) is 2.97. The zero-order valence-electron chi connectivity index (χ0n) is 13.4. The van der Waals surface area contributed by atoms with Crippen molar-refractivity contribution in [3.05, 3.63) is 53.6 Å². The van der Waals surface area contributed by atoms with E-state index in [0.717, 1.165) is 22.2 Å². The highest BCUT2D eigenvalue weighted by atomic mass is 16.5. The predicted molar refractivity (Wildman–Crippen MR) is 91.3 cm³/mol. The highest BCUT2D eigenvalue weighted by Gasteiger charge is 2.18. The second kappa shape index (κ2) is 6.09. The molecule has 24 heavy (non-hydrogen) atoms. The van der Waals surface area contributed by atoms with E-state index in [1.54, 1.807) is 31.4 Å². The Kier molecular flexibility index (Phi) is 3.97. The van der Waals surface area contributed by atoms with Crippen LogP contribution in [0.15, 0.2) is 42.5 Å². The average molecular weight is 320 g/mol. The summed E-state index contributed by atoms with van der Waals surface area (Å²) in [6.45, 7) is 2.71. The molecule has 0 bridgehead atoms. The topological polar surface area (TPSA) is 75.3 Å². The third-order valence-corrected chi connectivity index (χ3v) is 4.10. The van der Waals surface area contributed by atoms with Gasteiger partial charge in [-0.1, -0.05) is 12.1 Å². The van der Waals surface area contributed by atoms with Gasteiger partial charge >= 0.3 is 5.97 Å². The summed E-state index contributed by atoms with van der Waals surface area (Å²) < 4.78 is 7.33. The lowest BCUT2D eigenvalue weighted by molar-refractivity contribution is 0.0697. The number of aromatic nitrogens is 1. The Bertz CT molecular complexity index is 963. The van der Waals surface area contributed by atoms with Gasteiger partial charge in [-0.3, -0.25) is 0 Å². The van der Waals surface area contributed by atoms with Crippen LogP contribution in [0.2, 0.25) is 0 Å². The fraction of sp³-hybridized carbons (Fsp3) is 0.158. The fourth-order valence-corrected chi connectivity index (χ4v) is 2.97. The minimum absolute atomic E-state index is 0.220. The molecule has 0 saturated heterocycles. The quantitative estimate of drug-likeness (QED) is 0.791. The Morgan fingerprint density at radius 2 is 1.96 bits per heavy atom. The van der Waals surface area contributed by atoms with E-state index in [1.165, 1.54) is 0 Å². The lowest BCUT2D eigenvalue weighted by Crippen LogP contribution is -1.99. The van der Waals surface area contributed by atoms with Crippen LogP contribution in [0.3, 0.4) is 0 Å². The van der Waals surface area contributed by atoms with E-state index in [2.05, 4.69) is 10.6 Å². The molecule has 3 aromatic rings. The van der Waals surface area contributed by atoms with Crippen molar-refractivity contribution >= 4 is 16.9 Å². The number of hydrogen-bond donors (Lipinski definition) is 1. The SMILES string of the molecule is CCn1c(-c2ccc(C(=O)O)cc2)c(C#N)c2cc(OC)ccc21. The van der Waals surface area contributed by atoms with Gasteiger partial charge in [0.25, 0.3) is 0 Å². The van der Waals surface area contributed by atoms with Crippen LogP contribution in [0, 0.1) is 11.3 Å². The molecule has 2 aromatic carbocycles. The number of hydrogen-bond acceptors (Lipinski definition) is 3. The summed E-state index contributed by atoms with van der Waals surface area (Å²) in [5.74, 6) is -0.275. The normalized spacial score (nSPS) is 10.5. The van der Waals surface area contributed by atoms with Crippen LogP contribution in [0.5, 0.6) is 5.75 Å². The van der Waals surface area contributed by atoms with E-state index < -0.39 is 5.97 Å². The van der Waals surface area contributed by atoms with Gasteiger partial charge in [-0.25, -0.2) is 4.79 Å². The smallest absolute Gasteiger partial charge is 0.335 e. The summed E-state index contributed by atoms with van der Waals surface area (Å²) in [6, 6.07) is 14.5. The van der Waals surface area contributed by atoms with Crippen molar-refractivity contribution in [2.24, 2.45) is 0 Å². The molecular formula is C19H16N2O3. The molecule has 0 saturated carbocycles. The molecule has 0 unspecified atom stereocenters. The third kappa shape index (κ3) is 2.38. The summed E-state index contributed by atoms with van der Waals surface area (Å²) in [5.41, 5.74) is 3.34. The number of rotatable bonds is 4. The van der Waals surface area contributed by atoms with Crippen LogP contribution in [0.1, 0.15) is 22.8 Å². The predicted octanol–water partition coefficient (Wildman–Crippen LogP) is 3.91. The largest absolute Gasteiger partial charge is 0.497 e. The highest BCUT2D eigenvalue weighted by molar-refractivity contribution is 5.96. The van der Waals surface area contributed by atoms with Crippen molar-refractivity contribution in [3.8, 4) is 23.1 Å². The van der Waals surface area contributed by atoms with Gasteiger partial charge in [0.05, 0.1) is 29.4 Å². The zero-order valence-corrected chi connectivity index (χ0v) is 13.4. The molecular weight excluding hydrogens is 304 g/mol. The van der Waals surface area contributed by atoms with Crippen LogP contribution < -0.4 is 4.74 Å². The van der Waals surface area contributed by atoms with Gasteiger partial charge in [0.1, 0.15) is 11.8 Å². The third-order valence-electron chi connectivity index (χ3n) is 4.10. The van der Waals surface area contributed by atoms with E-state index in [1.807, 2.05) is 25.1 Å². The molecule has 0 spiro atoms. The molecule has 1 aromatic heterocycles. The van der Waals surface area contributed by atoms with Crippen molar-refractivity contribution in [1.82, 2.24) is 4.57 Å². The van der Waals surface area contributed by atoms with Gasteiger partial charge in [0.2, 0.25) is 0 Å². The zero-order chi connectivity index (χ0) is 17.3. The van der Waals surface area contributed by atoms with Crippen molar-refractivity contribution in [2.45, 2.75) is 13.5 Å². The van der Waals surface area contributed by atoms with Crippen LogP contribution >= 0.6 is 0 Å². The van der Waals surface area contributed by atoms with Crippen molar-refractivity contribution in [3.63, 3.8) is 0 Å². The molecule has 0 atom stereocenters. The van der Waals surface area contributed by atoms with Crippen LogP contribution in [-0.4, -0.2) is 22.8 Å². The Morgan fingerprint density at radius 3 is 2.50 bits per heavy atom. The highest BCUT2D eigenvalue weighted by Crippen LogP contribution is 2.35. The van der Waals surface area contributed by atoms with E-state index in [9.17, 15) is 10.1 Å². The van der Waals surface area contributed by atoms with Gasteiger partial charge < -0.3 is 14.4 Å². The average Bonchev–Trinajstić information content (AvgIpc) is 2.94. The Morgan fingerprint density at radius 1 is 1.25 bits per heavy atom. The van der Waals surface area contributed by atoms with Gasteiger partial charge in [0.15, 0.2) is 0 Å². The first-order valence-electron chi connectivity index (χ1n) is 7.54. The molecule has 120 valence electrons. The molecule has 0 aliphatic carbocycles. The first-order chi connectivity index (χ1) is 11.6. The second-order valence-corrected chi connectivity index (χ2v) is 5.35. The number of methoxy groups -OCH3 is 1. The number of carboxylic acids is 1. The maximum atomic E-state index is 11.0. The molecule has 5 nitrogen and oxygen atoms in total. The summed E-state index contributed by atoms with van der Waals surface area (Å²) in [5, 5.41) is 19.6. The molecule has 0 aliphatic heterocycles. The molecule has 1 heterocycles. The Hall–Kier alpha value is -3.26. The molecule has 0 amide bonds. The number of nitrogens with zero attached hydrogens (tertiary/aromatic N) is 2. The first kappa shape index (κ1) is 15.6. The van der Waals surface area contributed by atoms with Gasteiger partial charge in [-0.05, 0) is 42.8 Å². The Balaban J connectivity index is 2.30.